The molecule has 0 fully saturated rings. The Morgan fingerprint density at radius 1 is 1.24 bits per heavy atom. The summed E-state index contributed by atoms with van der Waals surface area (Å²) < 4.78 is 0. The van der Waals surface area contributed by atoms with Gasteiger partial charge < -0.3 is 10.4 Å². The van der Waals surface area contributed by atoms with E-state index in [4.69, 9.17) is 5.11 Å². The molecule has 1 amide bonds. The number of aliphatic hydroxyl groups excluding tert-OH is 1. The molecule has 4 heteroatoms. The zero-order valence-electron chi connectivity index (χ0n) is 10.5. The summed E-state index contributed by atoms with van der Waals surface area (Å²) in [6.07, 6.45) is 0.280. The van der Waals surface area contributed by atoms with Gasteiger partial charge in [0.1, 0.15) is 12.4 Å². The van der Waals surface area contributed by atoms with Crippen LogP contribution in [-0.4, -0.2) is 23.4 Å². The van der Waals surface area contributed by atoms with E-state index >= 15 is 0 Å². The number of anilines is 1. The van der Waals surface area contributed by atoms with Crippen LogP contribution in [0.25, 0.3) is 0 Å². The molecule has 0 saturated carbocycles. The van der Waals surface area contributed by atoms with Crippen molar-refractivity contribution in [3.8, 4) is 0 Å². The van der Waals surface area contributed by atoms with Crippen molar-refractivity contribution in [1.82, 2.24) is 0 Å². The summed E-state index contributed by atoms with van der Waals surface area (Å²) in [5.74, 6) is -0.452. The Morgan fingerprint density at radius 3 is 2.35 bits per heavy atom. The number of rotatable bonds is 4. The Hall–Kier alpha value is -1.68. The molecule has 0 bridgehead atoms. The van der Waals surface area contributed by atoms with Gasteiger partial charge in [-0.1, -0.05) is 32.0 Å². The fraction of sp³-hybridized carbons (Fsp3) is 0.385. The highest BCUT2D eigenvalue weighted by molar-refractivity contribution is 5.93. The van der Waals surface area contributed by atoms with Crippen LogP contribution < -0.4 is 5.32 Å². The van der Waals surface area contributed by atoms with Crippen LogP contribution in [0.4, 0.5) is 5.69 Å². The van der Waals surface area contributed by atoms with E-state index in [1.807, 2.05) is 13.8 Å². The average molecular weight is 237 g/mol. The first-order valence-corrected chi connectivity index (χ1v) is 5.61. The molecule has 0 aliphatic carbocycles. The van der Waals surface area contributed by atoms with Crippen molar-refractivity contribution < 1.29 is 14.7 Å². The second-order valence-electron chi connectivity index (χ2n) is 3.24. The van der Waals surface area contributed by atoms with E-state index in [0.717, 1.165) is 5.56 Å². The van der Waals surface area contributed by atoms with Gasteiger partial charge in [0.25, 0.3) is 0 Å². The number of para-hydroxylation sites is 1. The van der Waals surface area contributed by atoms with E-state index in [9.17, 15) is 9.59 Å². The van der Waals surface area contributed by atoms with Crippen LogP contribution >= 0.6 is 0 Å². The minimum Gasteiger partial charge on any atom is -0.387 e. The average Bonchev–Trinajstić information content (AvgIpc) is 2.33. The van der Waals surface area contributed by atoms with Crippen LogP contribution in [-0.2, 0) is 16.0 Å². The van der Waals surface area contributed by atoms with Crippen molar-refractivity contribution in [3.05, 3.63) is 29.8 Å². The summed E-state index contributed by atoms with van der Waals surface area (Å²) in [4.78, 5) is 21.9. The van der Waals surface area contributed by atoms with Gasteiger partial charge in [-0.25, -0.2) is 0 Å². The van der Waals surface area contributed by atoms with E-state index < -0.39 is 12.5 Å². The number of nitrogens with one attached hydrogen (secondary N) is 1. The van der Waals surface area contributed by atoms with Crippen LogP contribution in [0.15, 0.2) is 24.3 Å². The molecule has 0 unspecified atom stereocenters. The molecule has 2 N–H and O–H groups in total. The Balaban J connectivity index is 0.00000121. The first-order valence-electron chi connectivity index (χ1n) is 5.61. The third-order valence-electron chi connectivity index (χ3n) is 1.87. The summed E-state index contributed by atoms with van der Waals surface area (Å²) in [5.41, 5.74) is 1.33. The molecule has 0 aliphatic rings. The second kappa shape index (κ2) is 8.47. The van der Waals surface area contributed by atoms with Gasteiger partial charge in [-0.3, -0.25) is 9.59 Å². The first kappa shape index (κ1) is 15.3. The van der Waals surface area contributed by atoms with E-state index in [2.05, 4.69) is 5.32 Å². The molecule has 1 rings (SSSR count). The summed E-state index contributed by atoms with van der Waals surface area (Å²) in [6, 6.07) is 7.03. The normalized spacial score (nSPS) is 8.94. The van der Waals surface area contributed by atoms with Gasteiger partial charge in [0.15, 0.2) is 0 Å². The van der Waals surface area contributed by atoms with Crippen molar-refractivity contribution in [2.75, 3.05) is 11.9 Å². The highest BCUT2D eigenvalue weighted by Gasteiger charge is 2.06. The topological polar surface area (TPSA) is 66.4 Å². The molecule has 0 radical (unpaired) electrons. The van der Waals surface area contributed by atoms with Gasteiger partial charge in [0.05, 0.1) is 0 Å². The summed E-state index contributed by atoms with van der Waals surface area (Å²) >= 11 is 0. The van der Waals surface area contributed by atoms with Crippen LogP contribution in [0.2, 0.25) is 0 Å². The minimum atomic E-state index is -0.561. The molecule has 0 aliphatic heterocycles. The Morgan fingerprint density at radius 2 is 1.82 bits per heavy atom. The number of hydrogen-bond acceptors (Lipinski definition) is 3. The van der Waals surface area contributed by atoms with E-state index in [1.165, 1.54) is 6.92 Å². The maximum absolute atomic E-state index is 11.0. The predicted octanol–water partition coefficient (Wildman–Crippen LogP) is 1.78. The summed E-state index contributed by atoms with van der Waals surface area (Å²) in [6.45, 7) is 4.93. The SMILES string of the molecule is CC.CC(=O)Cc1ccccc1NC(=O)CO. The Kier molecular flexibility index (Phi) is 7.63. The number of carbonyl (C=O) groups is 2. The molecule has 4 nitrogen and oxygen atoms in total. The molecule has 0 atom stereocenters. The fourth-order valence-electron chi connectivity index (χ4n) is 1.25. The number of carbonyl (C=O) groups excluding carboxylic acids is 2. The lowest BCUT2D eigenvalue weighted by atomic mass is 10.1. The van der Waals surface area contributed by atoms with Crippen molar-refractivity contribution in [2.45, 2.75) is 27.2 Å². The first-order chi connectivity index (χ1) is 8.13. The van der Waals surface area contributed by atoms with E-state index in [-0.39, 0.29) is 12.2 Å². The maximum Gasteiger partial charge on any atom is 0.250 e. The second-order valence-corrected chi connectivity index (χ2v) is 3.24. The molecular weight excluding hydrogens is 218 g/mol. The van der Waals surface area contributed by atoms with Crippen LogP contribution in [0, 0.1) is 0 Å². The molecule has 0 aromatic heterocycles. The van der Waals surface area contributed by atoms with Gasteiger partial charge in [-0.2, -0.15) is 0 Å². The lowest BCUT2D eigenvalue weighted by Crippen LogP contribution is -2.17. The molecule has 0 spiro atoms. The largest absolute Gasteiger partial charge is 0.387 e. The highest BCUT2D eigenvalue weighted by Crippen LogP contribution is 2.15. The number of Topliss-reactive ketones (excluding diaryl/α,β-unsaturated/α-hetero) is 1. The minimum absolute atomic E-state index is 0.0284. The predicted molar refractivity (Wildman–Crippen MR) is 67.9 cm³/mol. The number of amides is 1. The standard InChI is InChI=1S/C11H13NO3.C2H6/c1-8(14)6-9-4-2-3-5-10(9)12-11(15)7-13;1-2/h2-5,13H,6-7H2,1H3,(H,12,15);1-2H3. The quantitative estimate of drug-likeness (QED) is 0.838. The lowest BCUT2D eigenvalue weighted by Gasteiger charge is -2.08. The van der Waals surface area contributed by atoms with Crippen LogP contribution in [0.1, 0.15) is 26.3 Å². The Bertz CT molecular complexity index is 375. The zero-order valence-corrected chi connectivity index (χ0v) is 10.5. The lowest BCUT2D eigenvalue weighted by molar-refractivity contribution is -0.119. The third kappa shape index (κ3) is 5.82. The van der Waals surface area contributed by atoms with Gasteiger partial charge in [-0.15, -0.1) is 0 Å². The highest BCUT2D eigenvalue weighted by atomic mass is 16.3. The molecule has 1 aromatic carbocycles. The summed E-state index contributed by atoms with van der Waals surface area (Å²) in [7, 11) is 0. The number of benzene rings is 1. The van der Waals surface area contributed by atoms with E-state index in [1.54, 1.807) is 24.3 Å². The molecule has 0 heterocycles. The molecule has 0 saturated heterocycles. The van der Waals surface area contributed by atoms with Gasteiger partial charge in [0.2, 0.25) is 5.91 Å². The molecule has 17 heavy (non-hydrogen) atoms. The number of aliphatic hydroxyl groups is 1. The van der Waals surface area contributed by atoms with Crippen LogP contribution in [0.3, 0.4) is 0 Å². The van der Waals surface area contributed by atoms with Gasteiger partial charge in [0, 0.05) is 12.1 Å². The molecular formula is C13H19NO3. The summed E-state index contributed by atoms with van der Waals surface area (Å²) in [5, 5.41) is 11.1. The number of hydrogen-bond donors (Lipinski definition) is 2. The van der Waals surface area contributed by atoms with Crippen molar-refractivity contribution >= 4 is 17.4 Å². The van der Waals surface area contributed by atoms with Crippen molar-refractivity contribution in [3.63, 3.8) is 0 Å². The zero-order chi connectivity index (χ0) is 13.3. The fourth-order valence-corrected chi connectivity index (χ4v) is 1.25. The van der Waals surface area contributed by atoms with Crippen LogP contribution in [0.5, 0.6) is 0 Å². The van der Waals surface area contributed by atoms with Gasteiger partial charge >= 0.3 is 0 Å². The maximum atomic E-state index is 11.0. The third-order valence-corrected chi connectivity index (χ3v) is 1.87. The molecule has 94 valence electrons. The van der Waals surface area contributed by atoms with Crippen molar-refractivity contribution in [1.29, 1.82) is 0 Å². The van der Waals surface area contributed by atoms with E-state index in [0.29, 0.717) is 5.69 Å². The number of ketones is 1. The monoisotopic (exact) mass is 237 g/mol. The smallest absolute Gasteiger partial charge is 0.250 e. The molecule has 1 aromatic rings. The van der Waals surface area contributed by atoms with Gasteiger partial charge in [-0.05, 0) is 18.6 Å². The van der Waals surface area contributed by atoms with Crippen molar-refractivity contribution in [2.24, 2.45) is 0 Å². The Labute approximate surface area is 102 Å².